The maximum absolute atomic E-state index is 12.0. The molecule has 0 aliphatic carbocycles. The number of hydrogen-bond donors (Lipinski definition) is 2. The highest BCUT2D eigenvalue weighted by molar-refractivity contribution is 7.14. The minimum absolute atomic E-state index is 0.0127. The minimum atomic E-state index is -0.571. The van der Waals surface area contributed by atoms with Gasteiger partial charge in [0.1, 0.15) is 0 Å². The van der Waals surface area contributed by atoms with Crippen LogP contribution in [0.25, 0.3) is 0 Å². The van der Waals surface area contributed by atoms with Crippen molar-refractivity contribution in [3.63, 3.8) is 0 Å². The average Bonchev–Trinajstić information content (AvgIpc) is 2.89. The second-order valence-electron chi connectivity index (χ2n) is 5.56. The smallest absolute Gasteiger partial charge is 0.306 e. The maximum atomic E-state index is 12.0. The number of pyridine rings is 1. The standard InChI is InChI=1S/C15H17N3O2S/c1-15(2,3)12-7-6-11(21-12)13(19)18-14(20)17-10-5-4-8-16-9-10/h4-9H,1-3H3,(H2,17,18,19,20). The molecular weight excluding hydrogens is 286 g/mol. The van der Waals surface area contributed by atoms with Gasteiger partial charge in [-0.3, -0.25) is 15.1 Å². The Kier molecular flexibility index (Phi) is 4.37. The van der Waals surface area contributed by atoms with Crippen molar-refractivity contribution in [3.8, 4) is 0 Å². The molecule has 0 atom stereocenters. The molecule has 110 valence electrons. The Bertz CT molecular complexity index is 644. The molecule has 2 heterocycles. The Morgan fingerprint density at radius 2 is 1.95 bits per heavy atom. The van der Waals surface area contributed by atoms with E-state index in [1.54, 1.807) is 24.4 Å². The first kappa shape index (κ1) is 15.2. The first-order valence-electron chi connectivity index (χ1n) is 6.49. The van der Waals surface area contributed by atoms with Gasteiger partial charge in [-0.2, -0.15) is 0 Å². The van der Waals surface area contributed by atoms with E-state index in [2.05, 4.69) is 36.4 Å². The summed E-state index contributed by atoms with van der Waals surface area (Å²) in [7, 11) is 0. The normalized spacial score (nSPS) is 11.0. The molecular formula is C15H17N3O2S. The zero-order chi connectivity index (χ0) is 15.5. The number of thiophene rings is 1. The molecule has 0 aliphatic heterocycles. The van der Waals surface area contributed by atoms with E-state index in [4.69, 9.17) is 0 Å². The predicted octanol–water partition coefficient (Wildman–Crippen LogP) is 3.40. The molecule has 0 unspecified atom stereocenters. The Hall–Kier alpha value is -2.21. The molecule has 0 saturated carbocycles. The third-order valence-corrected chi connectivity index (χ3v) is 4.23. The molecule has 0 fully saturated rings. The van der Waals surface area contributed by atoms with Crippen molar-refractivity contribution < 1.29 is 9.59 Å². The van der Waals surface area contributed by atoms with Gasteiger partial charge in [0.25, 0.3) is 5.91 Å². The first-order valence-corrected chi connectivity index (χ1v) is 7.30. The Morgan fingerprint density at radius 3 is 2.52 bits per heavy atom. The molecule has 0 saturated heterocycles. The van der Waals surface area contributed by atoms with Gasteiger partial charge in [0.15, 0.2) is 0 Å². The number of hydrogen-bond acceptors (Lipinski definition) is 4. The zero-order valence-corrected chi connectivity index (χ0v) is 13.0. The van der Waals surface area contributed by atoms with E-state index in [0.717, 1.165) is 4.88 Å². The van der Waals surface area contributed by atoms with Crippen LogP contribution in [0.3, 0.4) is 0 Å². The molecule has 6 heteroatoms. The van der Waals surface area contributed by atoms with Gasteiger partial charge in [0, 0.05) is 11.1 Å². The minimum Gasteiger partial charge on any atom is -0.306 e. The van der Waals surface area contributed by atoms with Gasteiger partial charge >= 0.3 is 6.03 Å². The number of carbonyl (C=O) groups excluding carboxylic acids is 2. The lowest BCUT2D eigenvalue weighted by molar-refractivity contribution is 0.0971. The van der Waals surface area contributed by atoms with Crippen LogP contribution >= 0.6 is 11.3 Å². The summed E-state index contributed by atoms with van der Waals surface area (Å²) in [4.78, 5) is 29.2. The van der Waals surface area contributed by atoms with Crippen LogP contribution in [-0.2, 0) is 5.41 Å². The van der Waals surface area contributed by atoms with Gasteiger partial charge in [-0.25, -0.2) is 4.79 Å². The highest BCUT2D eigenvalue weighted by Gasteiger charge is 2.19. The van der Waals surface area contributed by atoms with Gasteiger partial charge in [-0.15, -0.1) is 11.3 Å². The maximum Gasteiger partial charge on any atom is 0.326 e. The molecule has 2 rings (SSSR count). The number of amides is 3. The van der Waals surface area contributed by atoms with Gasteiger partial charge in [-0.05, 0) is 29.7 Å². The van der Waals surface area contributed by atoms with Gasteiger partial charge < -0.3 is 5.32 Å². The third kappa shape index (κ3) is 4.13. The monoisotopic (exact) mass is 303 g/mol. The van der Waals surface area contributed by atoms with E-state index in [9.17, 15) is 9.59 Å². The fraction of sp³-hybridized carbons (Fsp3) is 0.267. The van der Waals surface area contributed by atoms with Gasteiger partial charge in [0.2, 0.25) is 0 Å². The van der Waals surface area contributed by atoms with E-state index < -0.39 is 11.9 Å². The fourth-order valence-electron chi connectivity index (χ4n) is 1.63. The molecule has 2 aromatic rings. The van der Waals surface area contributed by atoms with Crippen LogP contribution in [0.2, 0.25) is 0 Å². The summed E-state index contributed by atoms with van der Waals surface area (Å²) >= 11 is 1.39. The molecule has 3 amide bonds. The second kappa shape index (κ2) is 6.05. The molecule has 0 radical (unpaired) electrons. The molecule has 21 heavy (non-hydrogen) atoms. The summed E-state index contributed by atoms with van der Waals surface area (Å²) in [6, 6.07) is 6.47. The molecule has 2 aromatic heterocycles. The fourth-order valence-corrected chi connectivity index (χ4v) is 2.59. The lowest BCUT2D eigenvalue weighted by atomic mass is 9.95. The van der Waals surface area contributed by atoms with Crippen molar-refractivity contribution in [2.75, 3.05) is 5.32 Å². The van der Waals surface area contributed by atoms with E-state index >= 15 is 0 Å². The third-order valence-electron chi connectivity index (χ3n) is 2.72. The summed E-state index contributed by atoms with van der Waals surface area (Å²) in [5.41, 5.74) is 0.519. The van der Waals surface area contributed by atoms with Gasteiger partial charge in [0.05, 0.1) is 16.8 Å². The van der Waals surface area contributed by atoms with E-state index in [-0.39, 0.29) is 5.41 Å². The number of nitrogens with one attached hydrogen (secondary N) is 2. The van der Waals surface area contributed by atoms with Crippen LogP contribution in [-0.4, -0.2) is 16.9 Å². The summed E-state index contributed by atoms with van der Waals surface area (Å²) in [5, 5.41) is 4.85. The van der Waals surface area contributed by atoms with E-state index in [0.29, 0.717) is 10.6 Å². The zero-order valence-electron chi connectivity index (χ0n) is 12.1. The quantitative estimate of drug-likeness (QED) is 0.893. The number of urea groups is 1. The van der Waals surface area contributed by atoms with Gasteiger partial charge in [-0.1, -0.05) is 20.8 Å². The van der Waals surface area contributed by atoms with Crippen molar-refractivity contribution in [1.82, 2.24) is 10.3 Å². The largest absolute Gasteiger partial charge is 0.326 e. The SMILES string of the molecule is CC(C)(C)c1ccc(C(=O)NC(=O)Nc2cccnc2)s1. The van der Waals surface area contributed by atoms with E-state index in [1.165, 1.54) is 17.5 Å². The Balaban J connectivity index is 1.98. The lowest BCUT2D eigenvalue weighted by Gasteiger charge is -2.15. The van der Waals surface area contributed by atoms with Crippen LogP contribution in [0.1, 0.15) is 35.3 Å². The van der Waals surface area contributed by atoms with Crippen LogP contribution in [0.15, 0.2) is 36.7 Å². The number of carbonyl (C=O) groups is 2. The molecule has 0 aliphatic rings. The molecule has 0 spiro atoms. The average molecular weight is 303 g/mol. The Morgan fingerprint density at radius 1 is 1.19 bits per heavy atom. The van der Waals surface area contributed by atoms with Crippen LogP contribution in [0, 0.1) is 0 Å². The Labute approximate surface area is 127 Å². The second-order valence-corrected chi connectivity index (χ2v) is 6.65. The number of aromatic nitrogens is 1. The topological polar surface area (TPSA) is 71.1 Å². The van der Waals surface area contributed by atoms with Crippen molar-refractivity contribution in [1.29, 1.82) is 0 Å². The summed E-state index contributed by atoms with van der Waals surface area (Å²) in [6.07, 6.45) is 3.11. The predicted molar refractivity (Wildman–Crippen MR) is 83.7 cm³/mol. The van der Waals surface area contributed by atoms with Crippen LogP contribution in [0.5, 0.6) is 0 Å². The summed E-state index contributed by atoms with van der Waals surface area (Å²) < 4.78 is 0. The van der Waals surface area contributed by atoms with Crippen molar-refractivity contribution in [3.05, 3.63) is 46.4 Å². The highest BCUT2D eigenvalue weighted by atomic mass is 32.1. The molecule has 5 nitrogen and oxygen atoms in total. The number of imide groups is 1. The van der Waals surface area contributed by atoms with Crippen LogP contribution in [0.4, 0.5) is 10.5 Å². The van der Waals surface area contributed by atoms with E-state index in [1.807, 2.05) is 6.07 Å². The lowest BCUT2D eigenvalue weighted by Crippen LogP contribution is -2.33. The summed E-state index contributed by atoms with van der Waals surface area (Å²) in [6.45, 7) is 6.24. The number of rotatable bonds is 2. The number of anilines is 1. The molecule has 2 N–H and O–H groups in total. The summed E-state index contributed by atoms with van der Waals surface area (Å²) in [5.74, 6) is -0.406. The van der Waals surface area contributed by atoms with Crippen molar-refractivity contribution in [2.45, 2.75) is 26.2 Å². The number of nitrogens with zero attached hydrogens (tertiary/aromatic N) is 1. The van der Waals surface area contributed by atoms with Crippen LogP contribution < -0.4 is 10.6 Å². The van der Waals surface area contributed by atoms with Crippen molar-refractivity contribution in [2.24, 2.45) is 0 Å². The van der Waals surface area contributed by atoms with Crippen molar-refractivity contribution >= 4 is 29.0 Å². The molecule has 0 bridgehead atoms. The highest BCUT2D eigenvalue weighted by Crippen LogP contribution is 2.29. The first-order chi connectivity index (χ1) is 9.86. The molecule has 0 aromatic carbocycles.